The largest absolute Gasteiger partial charge is 0.478 e. The number of aliphatic hydroxyl groups is 1. The van der Waals surface area contributed by atoms with Crippen LogP contribution in [-0.2, 0) is 16.0 Å². The molecule has 2 fully saturated rings. The first-order valence-corrected chi connectivity index (χ1v) is 11.1. The lowest BCUT2D eigenvalue weighted by Gasteiger charge is -2.50. The van der Waals surface area contributed by atoms with Crippen LogP contribution in [0.15, 0.2) is 48.5 Å². The van der Waals surface area contributed by atoms with Gasteiger partial charge in [-0.2, -0.15) is 0 Å². The Labute approximate surface area is 184 Å². The summed E-state index contributed by atoms with van der Waals surface area (Å²) in [5, 5.41) is 11.5. The van der Waals surface area contributed by atoms with E-state index in [4.69, 9.17) is 4.74 Å². The monoisotopic (exact) mass is 421 g/mol. The lowest BCUT2D eigenvalue weighted by atomic mass is 9.67. The number of ether oxygens (including phenoxy) is 1. The second-order valence-electron chi connectivity index (χ2n) is 9.13. The fourth-order valence-electron chi connectivity index (χ4n) is 5.35. The standard InChI is InChI=1S/C26H31NO4/c1-17-14-18(2)16-20(15-17)10-12-26(19(3)28)11-7-13-27-22(24(26)29)23(25(27)30)31-21-8-5-4-6-9-21/h4-6,8-9,14-16,22-24,29H,7,10-13H2,1-3H3/t22-,23-,24+,26-/m1/s1. The van der Waals surface area contributed by atoms with Crippen molar-refractivity contribution in [2.75, 3.05) is 6.54 Å². The fourth-order valence-corrected chi connectivity index (χ4v) is 5.35. The number of carbonyl (C=O) groups excluding carboxylic acids is 2. The van der Waals surface area contributed by atoms with Crippen molar-refractivity contribution in [2.24, 2.45) is 5.41 Å². The van der Waals surface area contributed by atoms with Crippen molar-refractivity contribution < 1.29 is 19.4 Å². The minimum atomic E-state index is -0.954. The van der Waals surface area contributed by atoms with Crippen LogP contribution < -0.4 is 4.74 Å². The maximum Gasteiger partial charge on any atom is 0.266 e. The zero-order chi connectivity index (χ0) is 22.2. The average molecular weight is 422 g/mol. The number of β-lactam (4-membered cyclic amide) rings is 1. The average Bonchev–Trinajstić information content (AvgIpc) is 2.86. The first-order chi connectivity index (χ1) is 14.8. The first-order valence-electron chi connectivity index (χ1n) is 11.1. The van der Waals surface area contributed by atoms with Gasteiger partial charge in [0.05, 0.1) is 11.5 Å². The molecule has 1 amide bonds. The molecule has 1 N–H and O–H groups in total. The summed E-state index contributed by atoms with van der Waals surface area (Å²) >= 11 is 0. The highest BCUT2D eigenvalue weighted by molar-refractivity contribution is 5.90. The number of rotatable bonds is 6. The second kappa shape index (κ2) is 8.46. The molecule has 2 saturated heterocycles. The molecule has 4 atom stereocenters. The highest BCUT2D eigenvalue weighted by atomic mass is 16.5. The molecule has 2 aliphatic heterocycles. The van der Waals surface area contributed by atoms with Gasteiger partial charge in [0.25, 0.3) is 5.91 Å². The van der Waals surface area contributed by atoms with Crippen LogP contribution in [0.1, 0.15) is 42.9 Å². The van der Waals surface area contributed by atoms with Gasteiger partial charge in [-0.05, 0) is 64.2 Å². The Morgan fingerprint density at radius 2 is 1.84 bits per heavy atom. The quantitative estimate of drug-likeness (QED) is 0.724. The van der Waals surface area contributed by atoms with E-state index in [1.54, 1.807) is 24.0 Å². The van der Waals surface area contributed by atoms with Gasteiger partial charge in [-0.3, -0.25) is 9.59 Å². The van der Waals surface area contributed by atoms with E-state index in [1.165, 1.54) is 16.7 Å². The number of amides is 1. The normalized spacial score (nSPS) is 27.8. The molecule has 0 aromatic heterocycles. The lowest BCUT2D eigenvalue weighted by molar-refractivity contribution is -0.179. The number of fused-ring (bicyclic) bond motifs is 1. The van der Waals surface area contributed by atoms with Crippen LogP contribution in [0.5, 0.6) is 5.75 Å². The van der Waals surface area contributed by atoms with Gasteiger partial charge in [-0.1, -0.05) is 47.5 Å². The highest BCUT2D eigenvalue weighted by Gasteiger charge is 2.60. The van der Waals surface area contributed by atoms with E-state index < -0.39 is 23.7 Å². The summed E-state index contributed by atoms with van der Waals surface area (Å²) in [6.45, 7) is 6.27. The predicted molar refractivity (Wildman–Crippen MR) is 119 cm³/mol. The number of aliphatic hydroxyl groups excluding tert-OH is 1. The Bertz CT molecular complexity index is 952. The smallest absolute Gasteiger partial charge is 0.266 e. The summed E-state index contributed by atoms with van der Waals surface area (Å²) in [6, 6.07) is 15.1. The van der Waals surface area contributed by atoms with Gasteiger partial charge in [0.1, 0.15) is 17.6 Å². The first kappa shape index (κ1) is 21.6. The van der Waals surface area contributed by atoms with E-state index >= 15 is 0 Å². The Hall–Kier alpha value is -2.66. The number of carbonyl (C=O) groups is 2. The second-order valence-corrected chi connectivity index (χ2v) is 9.13. The van der Waals surface area contributed by atoms with Crippen molar-refractivity contribution in [3.63, 3.8) is 0 Å². The Morgan fingerprint density at radius 3 is 2.48 bits per heavy atom. The highest BCUT2D eigenvalue weighted by Crippen LogP contribution is 2.44. The van der Waals surface area contributed by atoms with Crippen LogP contribution >= 0.6 is 0 Å². The third kappa shape index (κ3) is 3.99. The predicted octanol–water partition coefficient (Wildman–Crippen LogP) is 3.62. The number of para-hydroxylation sites is 1. The Balaban J connectivity index is 1.59. The van der Waals surface area contributed by atoms with Crippen molar-refractivity contribution >= 4 is 11.7 Å². The van der Waals surface area contributed by atoms with Gasteiger partial charge in [-0.25, -0.2) is 0 Å². The molecule has 0 unspecified atom stereocenters. The molecule has 2 aliphatic rings. The van der Waals surface area contributed by atoms with Crippen molar-refractivity contribution in [1.82, 2.24) is 4.90 Å². The molecular formula is C26H31NO4. The maximum atomic E-state index is 13.0. The third-order valence-electron chi connectivity index (χ3n) is 6.96. The molecule has 2 aromatic rings. The molecule has 164 valence electrons. The molecule has 0 aliphatic carbocycles. The molecule has 0 radical (unpaired) electrons. The van der Waals surface area contributed by atoms with E-state index in [9.17, 15) is 14.7 Å². The van der Waals surface area contributed by atoms with E-state index in [0.29, 0.717) is 38.0 Å². The molecule has 31 heavy (non-hydrogen) atoms. The summed E-state index contributed by atoms with van der Waals surface area (Å²) in [5.41, 5.74) is 2.68. The Kier molecular flexibility index (Phi) is 5.89. The summed E-state index contributed by atoms with van der Waals surface area (Å²) in [6.07, 6.45) is 0.837. The zero-order valence-corrected chi connectivity index (χ0v) is 18.5. The van der Waals surface area contributed by atoms with E-state index in [2.05, 4.69) is 32.0 Å². The van der Waals surface area contributed by atoms with Crippen molar-refractivity contribution in [2.45, 2.75) is 64.7 Å². The van der Waals surface area contributed by atoms with Crippen molar-refractivity contribution in [1.29, 1.82) is 0 Å². The molecule has 0 spiro atoms. The van der Waals surface area contributed by atoms with Gasteiger partial charge in [-0.15, -0.1) is 0 Å². The third-order valence-corrected chi connectivity index (χ3v) is 6.96. The van der Waals surface area contributed by atoms with Gasteiger partial charge in [0, 0.05) is 6.54 Å². The van der Waals surface area contributed by atoms with Gasteiger partial charge in [0.2, 0.25) is 0 Å². The number of Topliss-reactive ketones (excluding diaryl/α,β-unsaturated/α-hetero) is 1. The van der Waals surface area contributed by atoms with Gasteiger partial charge < -0.3 is 14.7 Å². The van der Waals surface area contributed by atoms with Crippen LogP contribution in [0, 0.1) is 19.3 Å². The van der Waals surface area contributed by atoms with Crippen LogP contribution in [0.3, 0.4) is 0 Å². The lowest BCUT2D eigenvalue weighted by Crippen LogP contribution is -2.72. The fraction of sp³-hybridized carbons (Fsp3) is 0.462. The number of hydrogen-bond donors (Lipinski definition) is 1. The summed E-state index contributed by atoms with van der Waals surface area (Å²) in [7, 11) is 0. The summed E-state index contributed by atoms with van der Waals surface area (Å²) in [5.74, 6) is 0.478. The molecule has 5 heteroatoms. The Morgan fingerprint density at radius 1 is 1.16 bits per heavy atom. The van der Waals surface area contributed by atoms with Crippen LogP contribution in [-0.4, -0.2) is 46.5 Å². The van der Waals surface area contributed by atoms with Crippen LogP contribution in [0.25, 0.3) is 0 Å². The molecule has 0 saturated carbocycles. The van der Waals surface area contributed by atoms with Gasteiger partial charge in [0.15, 0.2) is 6.10 Å². The SMILES string of the molecule is CC(=O)[C@]1(CCc2cc(C)cc(C)c2)CCCN2C(=O)[C@H](Oc3ccccc3)[C@@H]2[C@@H]1O. The summed E-state index contributed by atoms with van der Waals surface area (Å²) < 4.78 is 5.96. The molecule has 4 rings (SSSR count). The van der Waals surface area contributed by atoms with Gasteiger partial charge >= 0.3 is 0 Å². The molecule has 2 heterocycles. The van der Waals surface area contributed by atoms with E-state index in [1.807, 2.05) is 18.2 Å². The molecule has 5 nitrogen and oxygen atoms in total. The minimum Gasteiger partial charge on any atom is -0.478 e. The van der Waals surface area contributed by atoms with E-state index in [0.717, 1.165) is 0 Å². The number of ketones is 1. The topological polar surface area (TPSA) is 66.8 Å². The summed E-state index contributed by atoms with van der Waals surface area (Å²) in [4.78, 5) is 27.4. The number of benzene rings is 2. The number of nitrogens with zero attached hydrogens (tertiary/aromatic N) is 1. The zero-order valence-electron chi connectivity index (χ0n) is 18.5. The minimum absolute atomic E-state index is 0.0102. The number of hydrogen-bond acceptors (Lipinski definition) is 4. The van der Waals surface area contributed by atoms with Crippen molar-refractivity contribution in [3.8, 4) is 5.75 Å². The maximum absolute atomic E-state index is 13.0. The van der Waals surface area contributed by atoms with Crippen LogP contribution in [0.2, 0.25) is 0 Å². The van der Waals surface area contributed by atoms with E-state index in [-0.39, 0.29) is 11.7 Å². The molecule has 0 bridgehead atoms. The number of aryl methyl sites for hydroxylation is 3. The van der Waals surface area contributed by atoms with Crippen LogP contribution in [0.4, 0.5) is 0 Å². The molecular weight excluding hydrogens is 390 g/mol. The molecule has 2 aromatic carbocycles. The van der Waals surface area contributed by atoms with Crippen molar-refractivity contribution in [3.05, 3.63) is 65.2 Å².